The molecule has 0 amide bonds. The summed E-state index contributed by atoms with van der Waals surface area (Å²) in [6, 6.07) is 7.72. The van der Waals surface area contributed by atoms with E-state index in [0.717, 1.165) is 34.8 Å². The lowest BCUT2D eigenvalue weighted by atomic mass is 10.1. The molecule has 0 bridgehead atoms. The fraction of sp³-hybridized carbons (Fsp3) is 0.375. The number of aromatic nitrogens is 1. The second kappa shape index (κ2) is 6.92. The van der Waals surface area contributed by atoms with Crippen molar-refractivity contribution in [2.24, 2.45) is 0 Å². The van der Waals surface area contributed by atoms with Crippen LogP contribution in [0, 0.1) is 13.8 Å². The molecule has 21 heavy (non-hydrogen) atoms. The zero-order valence-corrected chi connectivity index (χ0v) is 12.3. The molecule has 0 unspecified atom stereocenters. The predicted octanol–water partition coefficient (Wildman–Crippen LogP) is 3.28. The third kappa shape index (κ3) is 4.34. The molecular formula is C16H19NO4. The fourth-order valence-electron chi connectivity index (χ4n) is 2.10. The summed E-state index contributed by atoms with van der Waals surface area (Å²) in [5, 5.41) is 12.5. The molecule has 2 rings (SSSR count). The first-order chi connectivity index (χ1) is 10.1. The lowest BCUT2D eigenvalue weighted by molar-refractivity contribution is -0.137. The lowest BCUT2D eigenvalue weighted by Gasteiger charge is -2.07. The molecule has 0 aliphatic rings. The van der Waals surface area contributed by atoms with Crippen LogP contribution in [0.3, 0.4) is 0 Å². The molecule has 112 valence electrons. The van der Waals surface area contributed by atoms with E-state index >= 15 is 0 Å². The van der Waals surface area contributed by atoms with Gasteiger partial charge in [0.05, 0.1) is 11.3 Å². The Morgan fingerprint density at radius 1 is 1.38 bits per heavy atom. The molecule has 0 radical (unpaired) electrons. The maximum atomic E-state index is 10.5. The van der Waals surface area contributed by atoms with E-state index in [-0.39, 0.29) is 6.42 Å². The van der Waals surface area contributed by atoms with Gasteiger partial charge in [0.1, 0.15) is 18.1 Å². The van der Waals surface area contributed by atoms with Crippen molar-refractivity contribution >= 4 is 5.97 Å². The highest BCUT2D eigenvalue weighted by Gasteiger charge is 2.09. The first kappa shape index (κ1) is 15.1. The Balaban J connectivity index is 1.93. The molecule has 0 atom stereocenters. The van der Waals surface area contributed by atoms with Crippen LogP contribution in [0.25, 0.3) is 0 Å². The van der Waals surface area contributed by atoms with E-state index in [1.807, 2.05) is 38.1 Å². The van der Waals surface area contributed by atoms with Crippen LogP contribution in [-0.4, -0.2) is 16.2 Å². The van der Waals surface area contributed by atoms with Crippen LogP contribution in [0.2, 0.25) is 0 Å². The molecule has 0 aliphatic carbocycles. The molecule has 0 fully saturated rings. The van der Waals surface area contributed by atoms with Crippen molar-refractivity contribution in [1.82, 2.24) is 5.16 Å². The van der Waals surface area contributed by atoms with E-state index in [2.05, 4.69) is 5.16 Å². The van der Waals surface area contributed by atoms with Gasteiger partial charge in [0.25, 0.3) is 0 Å². The van der Waals surface area contributed by atoms with Gasteiger partial charge in [-0.2, -0.15) is 0 Å². The highest BCUT2D eigenvalue weighted by atomic mass is 16.5. The van der Waals surface area contributed by atoms with E-state index in [4.69, 9.17) is 14.4 Å². The molecule has 0 spiro atoms. The summed E-state index contributed by atoms with van der Waals surface area (Å²) in [5.74, 6) is 0.772. The topological polar surface area (TPSA) is 72.6 Å². The van der Waals surface area contributed by atoms with Gasteiger partial charge >= 0.3 is 5.97 Å². The van der Waals surface area contributed by atoms with Crippen LogP contribution in [0.4, 0.5) is 0 Å². The van der Waals surface area contributed by atoms with Crippen molar-refractivity contribution in [2.75, 3.05) is 0 Å². The Hall–Kier alpha value is -2.30. The smallest absolute Gasteiger partial charge is 0.303 e. The van der Waals surface area contributed by atoms with Crippen LogP contribution >= 0.6 is 0 Å². The van der Waals surface area contributed by atoms with E-state index in [1.54, 1.807) is 0 Å². The van der Waals surface area contributed by atoms with E-state index in [0.29, 0.717) is 13.0 Å². The summed E-state index contributed by atoms with van der Waals surface area (Å²) in [5.41, 5.74) is 2.88. The highest BCUT2D eigenvalue weighted by Crippen LogP contribution is 2.19. The SMILES string of the molecule is Cc1noc(C)c1COc1cccc(CCCC(=O)O)c1. The maximum Gasteiger partial charge on any atom is 0.303 e. The van der Waals surface area contributed by atoms with Crippen molar-refractivity contribution in [2.45, 2.75) is 39.7 Å². The van der Waals surface area contributed by atoms with Gasteiger partial charge in [-0.05, 0) is 44.4 Å². The summed E-state index contributed by atoms with van der Waals surface area (Å²) in [6.07, 6.45) is 1.54. The van der Waals surface area contributed by atoms with Crippen molar-refractivity contribution in [3.05, 3.63) is 46.8 Å². The zero-order valence-electron chi connectivity index (χ0n) is 12.3. The molecular weight excluding hydrogens is 270 g/mol. The van der Waals surface area contributed by atoms with Gasteiger partial charge in [0.15, 0.2) is 0 Å². The highest BCUT2D eigenvalue weighted by molar-refractivity contribution is 5.66. The van der Waals surface area contributed by atoms with Crippen LogP contribution in [0.5, 0.6) is 5.75 Å². The molecule has 1 aromatic heterocycles. The van der Waals surface area contributed by atoms with Crippen LogP contribution < -0.4 is 4.74 Å². The van der Waals surface area contributed by atoms with Crippen molar-refractivity contribution in [3.8, 4) is 5.75 Å². The van der Waals surface area contributed by atoms with Gasteiger partial charge in [0.2, 0.25) is 0 Å². The van der Waals surface area contributed by atoms with Gasteiger partial charge < -0.3 is 14.4 Å². The van der Waals surface area contributed by atoms with E-state index < -0.39 is 5.97 Å². The Kier molecular flexibility index (Phi) is 4.98. The molecule has 2 aromatic rings. The summed E-state index contributed by atoms with van der Waals surface area (Å²) >= 11 is 0. The van der Waals surface area contributed by atoms with Gasteiger partial charge in [0, 0.05) is 6.42 Å². The number of carboxylic acid groups (broad SMARTS) is 1. The Morgan fingerprint density at radius 3 is 2.86 bits per heavy atom. The molecule has 5 nitrogen and oxygen atoms in total. The van der Waals surface area contributed by atoms with Crippen LogP contribution in [0.15, 0.2) is 28.8 Å². The first-order valence-electron chi connectivity index (χ1n) is 6.91. The Morgan fingerprint density at radius 2 is 2.19 bits per heavy atom. The molecule has 1 N–H and O–H groups in total. The largest absolute Gasteiger partial charge is 0.489 e. The number of aliphatic carboxylic acids is 1. The zero-order chi connectivity index (χ0) is 15.2. The minimum absolute atomic E-state index is 0.185. The number of aryl methyl sites for hydroxylation is 3. The molecule has 5 heteroatoms. The maximum absolute atomic E-state index is 10.5. The number of nitrogens with zero attached hydrogens (tertiary/aromatic N) is 1. The van der Waals surface area contributed by atoms with Gasteiger partial charge in [-0.25, -0.2) is 0 Å². The standard InChI is InChI=1S/C16H19NO4/c1-11-15(12(2)21-17-11)10-20-14-7-3-5-13(9-14)6-4-8-16(18)19/h3,5,7,9H,4,6,8,10H2,1-2H3,(H,18,19). The quantitative estimate of drug-likeness (QED) is 0.846. The minimum Gasteiger partial charge on any atom is -0.489 e. The summed E-state index contributed by atoms with van der Waals surface area (Å²) < 4.78 is 10.9. The number of ether oxygens (including phenoxy) is 1. The van der Waals surface area contributed by atoms with Crippen LogP contribution in [0.1, 0.15) is 35.4 Å². The molecule has 0 saturated carbocycles. The monoisotopic (exact) mass is 289 g/mol. The third-order valence-corrected chi connectivity index (χ3v) is 3.32. The lowest BCUT2D eigenvalue weighted by Crippen LogP contribution is -1.99. The van der Waals surface area contributed by atoms with Crippen molar-refractivity contribution in [1.29, 1.82) is 0 Å². The average Bonchev–Trinajstić information content (AvgIpc) is 2.76. The number of carboxylic acids is 1. The number of rotatable bonds is 7. The number of hydrogen-bond acceptors (Lipinski definition) is 4. The van der Waals surface area contributed by atoms with Crippen molar-refractivity contribution in [3.63, 3.8) is 0 Å². The van der Waals surface area contributed by atoms with Gasteiger partial charge in [-0.1, -0.05) is 17.3 Å². The van der Waals surface area contributed by atoms with Gasteiger partial charge in [-0.3, -0.25) is 4.79 Å². The number of carbonyl (C=O) groups is 1. The van der Waals surface area contributed by atoms with E-state index in [1.165, 1.54) is 0 Å². The van der Waals surface area contributed by atoms with Crippen molar-refractivity contribution < 1.29 is 19.2 Å². The third-order valence-electron chi connectivity index (χ3n) is 3.32. The molecule has 1 heterocycles. The van der Waals surface area contributed by atoms with Gasteiger partial charge in [-0.15, -0.1) is 0 Å². The second-order valence-electron chi connectivity index (χ2n) is 4.99. The predicted molar refractivity (Wildman–Crippen MR) is 77.3 cm³/mol. The summed E-state index contributed by atoms with van der Waals surface area (Å²) in [6.45, 7) is 4.16. The second-order valence-corrected chi connectivity index (χ2v) is 4.99. The normalized spacial score (nSPS) is 10.6. The first-order valence-corrected chi connectivity index (χ1v) is 6.91. The summed E-state index contributed by atoms with van der Waals surface area (Å²) in [7, 11) is 0. The van der Waals surface area contributed by atoms with Crippen LogP contribution in [-0.2, 0) is 17.8 Å². The minimum atomic E-state index is -0.763. The fourth-order valence-corrected chi connectivity index (χ4v) is 2.10. The average molecular weight is 289 g/mol. The number of hydrogen-bond donors (Lipinski definition) is 1. The molecule has 0 saturated heterocycles. The molecule has 0 aliphatic heterocycles. The Bertz CT molecular complexity index is 599. The number of benzene rings is 1. The molecule has 1 aromatic carbocycles. The summed E-state index contributed by atoms with van der Waals surface area (Å²) in [4.78, 5) is 10.5. The Labute approximate surface area is 123 Å². The van der Waals surface area contributed by atoms with E-state index in [9.17, 15) is 4.79 Å².